The fourth-order valence-electron chi connectivity index (χ4n) is 2.18. The summed E-state index contributed by atoms with van der Waals surface area (Å²) in [6.07, 6.45) is 4.34. The van der Waals surface area contributed by atoms with Crippen molar-refractivity contribution < 1.29 is 9.13 Å². The second-order valence-electron chi connectivity index (χ2n) is 5.26. The van der Waals surface area contributed by atoms with Gasteiger partial charge in [0.2, 0.25) is 0 Å². The Hall–Kier alpha value is -0.930. The van der Waals surface area contributed by atoms with Gasteiger partial charge in [-0.2, -0.15) is 0 Å². The van der Waals surface area contributed by atoms with Crippen molar-refractivity contribution in [1.29, 1.82) is 0 Å². The molecular formula is C17H28FNO. The number of hydrogen-bond acceptors (Lipinski definition) is 2. The van der Waals surface area contributed by atoms with Gasteiger partial charge in [0.15, 0.2) is 0 Å². The third-order valence-electron chi connectivity index (χ3n) is 3.43. The van der Waals surface area contributed by atoms with Gasteiger partial charge in [0, 0.05) is 13.2 Å². The Bertz CT molecular complexity index is 339. The number of nitrogens with one attached hydrogen (secondary N) is 1. The van der Waals surface area contributed by atoms with Crippen molar-refractivity contribution >= 4 is 0 Å². The number of hydrogen-bond donors (Lipinski definition) is 1. The monoisotopic (exact) mass is 281 g/mol. The molecule has 0 amide bonds. The molecule has 2 nitrogen and oxygen atoms in total. The van der Waals surface area contributed by atoms with E-state index in [0.29, 0.717) is 5.92 Å². The molecule has 0 bridgehead atoms. The Kier molecular flexibility index (Phi) is 9.25. The van der Waals surface area contributed by atoms with Crippen LogP contribution in [0.15, 0.2) is 24.3 Å². The first-order valence-corrected chi connectivity index (χ1v) is 7.79. The summed E-state index contributed by atoms with van der Waals surface area (Å²) in [6, 6.07) is 6.84. The van der Waals surface area contributed by atoms with Gasteiger partial charge in [-0.25, -0.2) is 4.39 Å². The zero-order valence-electron chi connectivity index (χ0n) is 12.8. The number of unbranched alkanes of at least 4 members (excludes halogenated alkanes) is 1. The summed E-state index contributed by atoms with van der Waals surface area (Å²) in [4.78, 5) is 0. The lowest BCUT2D eigenvalue weighted by Gasteiger charge is -2.17. The van der Waals surface area contributed by atoms with Crippen LogP contribution in [-0.2, 0) is 11.2 Å². The summed E-state index contributed by atoms with van der Waals surface area (Å²) in [5.41, 5.74) is 1.20. The third-order valence-corrected chi connectivity index (χ3v) is 3.43. The van der Waals surface area contributed by atoms with Gasteiger partial charge in [-0.15, -0.1) is 0 Å². The molecule has 114 valence electrons. The highest BCUT2D eigenvalue weighted by Crippen LogP contribution is 2.13. The van der Waals surface area contributed by atoms with Crippen molar-refractivity contribution in [2.45, 2.75) is 39.5 Å². The predicted molar refractivity (Wildman–Crippen MR) is 82.5 cm³/mol. The molecule has 0 radical (unpaired) electrons. The molecule has 3 heteroatoms. The predicted octanol–water partition coefficient (Wildman–Crippen LogP) is 3.80. The van der Waals surface area contributed by atoms with Crippen LogP contribution in [0.2, 0.25) is 0 Å². The Morgan fingerprint density at radius 2 is 1.90 bits per heavy atom. The van der Waals surface area contributed by atoms with E-state index in [0.717, 1.165) is 45.6 Å². The lowest BCUT2D eigenvalue weighted by molar-refractivity contribution is 0.117. The first-order chi connectivity index (χ1) is 9.76. The lowest BCUT2D eigenvalue weighted by atomic mass is 9.96. The van der Waals surface area contributed by atoms with E-state index in [4.69, 9.17) is 4.74 Å². The maximum Gasteiger partial charge on any atom is 0.123 e. The minimum atomic E-state index is -0.167. The molecule has 0 aliphatic rings. The van der Waals surface area contributed by atoms with Crippen LogP contribution in [0.4, 0.5) is 4.39 Å². The fourth-order valence-corrected chi connectivity index (χ4v) is 2.18. The largest absolute Gasteiger partial charge is 0.381 e. The Labute approximate surface area is 122 Å². The van der Waals surface area contributed by atoms with E-state index in [1.807, 2.05) is 12.1 Å². The van der Waals surface area contributed by atoms with Crippen LogP contribution in [0, 0.1) is 11.7 Å². The van der Waals surface area contributed by atoms with Gasteiger partial charge in [-0.3, -0.25) is 0 Å². The van der Waals surface area contributed by atoms with Gasteiger partial charge in [0.1, 0.15) is 5.82 Å². The molecule has 1 atom stereocenters. The van der Waals surface area contributed by atoms with Crippen molar-refractivity contribution in [3.05, 3.63) is 35.6 Å². The van der Waals surface area contributed by atoms with Crippen molar-refractivity contribution in [2.24, 2.45) is 5.92 Å². The molecule has 0 spiro atoms. The van der Waals surface area contributed by atoms with Gasteiger partial charge in [-0.1, -0.05) is 32.4 Å². The summed E-state index contributed by atoms with van der Waals surface area (Å²) >= 11 is 0. The normalized spacial score (nSPS) is 12.6. The summed E-state index contributed by atoms with van der Waals surface area (Å²) in [5, 5.41) is 3.40. The second kappa shape index (κ2) is 10.8. The molecule has 0 aromatic heterocycles. The van der Waals surface area contributed by atoms with Crippen molar-refractivity contribution in [3.63, 3.8) is 0 Å². The van der Waals surface area contributed by atoms with Gasteiger partial charge < -0.3 is 10.1 Å². The smallest absolute Gasteiger partial charge is 0.123 e. The first-order valence-electron chi connectivity index (χ1n) is 7.79. The van der Waals surface area contributed by atoms with Crippen molar-refractivity contribution in [3.8, 4) is 0 Å². The molecule has 1 aromatic rings. The number of benzene rings is 1. The van der Waals surface area contributed by atoms with Crippen molar-refractivity contribution in [1.82, 2.24) is 5.32 Å². The zero-order chi connectivity index (χ0) is 14.6. The van der Waals surface area contributed by atoms with Crippen LogP contribution in [0.5, 0.6) is 0 Å². The Morgan fingerprint density at radius 3 is 2.55 bits per heavy atom. The average Bonchev–Trinajstić information content (AvgIpc) is 2.46. The van der Waals surface area contributed by atoms with Gasteiger partial charge >= 0.3 is 0 Å². The lowest BCUT2D eigenvalue weighted by Crippen LogP contribution is -2.25. The SMILES string of the molecule is CCCCOCCC(CNCC)Cc1ccc(F)cc1. The zero-order valence-corrected chi connectivity index (χ0v) is 12.8. The molecule has 0 saturated carbocycles. The third kappa shape index (κ3) is 7.61. The first kappa shape index (κ1) is 17.1. The second-order valence-corrected chi connectivity index (χ2v) is 5.26. The van der Waals surface area contributed by atoms with Crippen LogP contribution in [0.25, 0.3) is 0 Å². The van der Waals surface area contributed by atoms with Crippen LogP contribution < -0.4 is 5.32 Å². The van der Waals surface area contributed by atoms with E-state index in [1.54, 1.807) is 0 Å². The average molecular weight is 281 g/mol. The molecule has 1 unspecified atom stereocenters. The minimum absolute atomic E-state index is 0.167. The van der Waals surface area contributed by atoms with Gasteiger partial charge in [0.25, 0.3) is 0 Å². The molecule has 0 fully saturated rings. The van der Waals surface area contributed by atoms with Crippen molar-refractivity contribution in [2.75, 3.05) is 26.3 Å². The number of ether oxygens (including phenoxy) is 1. The summed E-state index contributed by atoms with van der Waals surface area (Å²) < 4.78 is 18.6. The van der Waals surface area contributed by atoms with E-state index in [2.05, 4.69) is 19.2 Å². The Balaban J connectivity index is 2.36. The highest BCUT2D eigenvalue weighted by molar-refractivity contribution is 5.16. The van der Waals surface area contributed by atoms with Crippen LogP contribution in [0.1, 0.15) is 38.7 Å². The minimum Gasteiger partial charge on any atom is -0.381 e. The molecule has 1 rings (SSSR count). The molecule has 20 heavy (non-hydrogen) atoms. The van der Waals surface area contributed by atoms with E-state index >= 15 is 0 Å². The maximum atomic E-state index is 12.9. The summed E-state index contributed by atoms with van der Waals surface area (Å²) in [7, 11) is 0. The quantitative estimate of drug-likeness (QED) is 0.623. The maximum absolute atomic E-state index is 12.9. The topological polar surface area (TPSA) is 21.3 Å². The van der Waals surface area contributed by atoms with E-state index in [9.17, 15) is 4.39 Å². The molecule has 0 aliphatic carbocycles. The molecule has 0 heterocycles. The number of halogens is 1. The van der Waals surface area contributed by atoms with E-state index in [1.165, 1.54) is 24.1 Å². The highest BCUT2D eigenvalue weighted by Gasteiger charge is 2.09. The molecule has 0 saturated heterocycles. The van der Waals surface area contributed by atoms with Crippen LogP contribution >= 0.6 is 0 Å². The Morgan fingerprint density at radius 1 is 1.15 bits per heavy atom. The molecule has 1 N–H and O–H groups in total. The fraction of sp³-hybridized carbons (Fsp3) is 0.647. The van der Waals surface area contributed by atoms with E-state index in [-0.39, 0.29) is 5.82 Å². The molecule has 1 aromatic carbocycles. The van der Waals surface area contributed by atoms with Gasteiger partial charge in [0.05, 0.1) is 0 Å². The van der Waals surface area contributed by atoms with Crippen LogP contribution in [0.3, 0.4) is 0 Å². The standard InChI is InChI=1S/C17H28FNO/c1-3-5-11-20-12-10-16(14-19-4-2)13-15-6-8-17(18)9-7-15/h6-9,16,19H,3-5,10-14H2,1-2H3. The summed E-state index contributed by atoms with van der Waals surface area (Å²) in [5.74, 6) is 0.377. The van der Waals surface area contributed by atoms with Gasteiger partial charge in [-0.05, 0) is 56.0 Å². The highest BCUT2D eigenvalue weighted by atomic mass is 19.1. The number of rotatable bonds is 11. The van der Waals surface area contributed by atoms with Crippen LogP contribution in [-0.4, -0.2) is 26.3 Å². The molecular weight excluding hydrogens is 253 g/mol. The van der Waals surface area contributed by atoms with E-state index < -0.39 is 0 Å². The molecule has 0 aliphatic heterocycles. The summed E-state index contributed by atoms with van der Waals surface area (Å²) in [6.45, 7) is 7.94.